The first-order valence-corrected chi connectivity index (χ1v) is 8.65. The maximum Gasteiger partial charge on any atom is 0.0412 e. The van der Waals surface area contributed by atoms with Gasteiger partial charge in [0.15, 0.2) is 0 Å². The van der Waals surface area contributed by atoms with E-state index >= 15 is 0 Å². The second kappa shape index (κ2) is 8.47. The van der Waals surface area contributed by atoms with Gasteiger partial charge in [0.25, 0.3) is 0 Å². The van der Waals surface area contributed by atoms with Crippen LogP contribution in [0.1, 0.15) is 24.0 Å². The smallest absolute Gasteiger partial charge is 0.0412 e. The Labute approximate surface area is 133 Å². The fourth-order valence-electron chi connectivity index (χ4n) is 2.52. The van der Waals surface area contributed by atoms with E-state index in [0.717, 1.165) is 18.7 Å². The number of hydrogen-bond donors (Lipinski definition) is 1. The van der Waals surface area contributed by atoms with Gasteiger partial charge in [-0.3, -0.25) is 4.31 Å². The summed E-state index contributed by atoms with van der Waals surface area (Å²) in [5, 5.41) is 3.25. The quantitative estimate of drug-likeness (QED) is 0.740. The molecule has 0 aromatic heterocycles. The topological polar surface area (TPSA) is 18.5 Å². The molecule has 0 spiro atoms. The summed E-state index contributed by atoms with van der Waals surface area (Å²) in [6.07, 6.45) is 5.52. The number of rotatable bonds is 8. The number of likely N-dealkylation sites (N-methyl/N-ethyl adjacent to an activating group) is 1. The van der Waals surface area contributed by atoms with E-state index in [4.69, 9.17) is 0 Å². The van der Waals surface area contributed by atoms with Gasteiger partial charge in [-0.1, -0.05) is 30.7 Å². The van der Waals surface area contributed by atoms with Crippen LogP contribution in [0.25, 0.3) is 0 Å². The molecule has 1 saturated heterocycles. The summed E-state index contributed by atoms with van der Waals surface area (Å²) >= 11 is 1.97. The molecule has 1 aromatic rings. The van der Waals surface area contributed by atoms with Crippen molar-refractivity contribution in [3.05, 3.63) is 42.1 Å². The fraction of sp³-hybridized carbons (Fsp3) is 0.529. The molecule has 1 aliphatic heterocycles. The third-order valence-electron chi connectivity index (χ3n) is 3.73. The Morgan fingerprint density at radius 3 is 2.76 bits per heavy atom. The van der Waals surface area contributed by atoms with E-state index in [2.05, 4.69) is 53.4 Å². The number of benzene rings is 1. The van der Waals surface area contributed by atoms with Crippen LogP contribution in [0.2, 0.25) is 0 Å². The van der Waals surface area contributed by atoms with Crippen LogP contribution in [0.5, 0.6) is 0 Å². The minimum absolute atomic E-state index is 1.06. The van der Waals surface area contributed by atoms with Crippen molar-refractivity contribution in [2.24, 2.45) is 0 Å². The van der Waals surface area contributed by atoms with Gasteiger partial charge in [-0.15, -0.1) is 0 Å². The van der Waals surface area contributed by atoms with Gasteiger partial charge in [-0.2, -0.15) is 0 Å². The zero-order valence-electron chi connectivity index (χ0n) is 13.3. The summed E-state index contributed by atoms with van der Waals surface area (Å²) in [5.41, 5.74) is 3.97. The average Bonchev–Trinajstić information content (AvgIpc) is 2.98. The van der Waals surface area contributed by atoms with E-state index in [-0.39, 0.29) is 0 Å². The predicted octanol–water partition coefficient (Wildman–Crippen LogP) is 3.59. The lowest BCUT2D eigenvalue weighted by atomic mass is 10.1. The highest BCUT2D eigenvalue weighted by molar-refractivity contribution is 7.96. The molecule has 1 heterocycles. The van der Waals surface area contributed by atoms with E-state index in [1.807, 2.05) is 11.9 Å². The second-order valence-electron chi connectivity index (χ2n) is 5.80. The SMILES string of the molecule is C=CNc1ccc(CSN2CCCC2)cc1CCN(C)C. The first kappa shape index (κ1) is 16.4. The standard InChI is InChI=1S/C17H27N3S/c1-4-18-17-8-7-15(13-16(17)9-12-19(2)3)14-21-20-10-5-6-11-20/h4,7-8,13,18H,1,5-6,9-12,14H2,2-3H3. The third kappa shape index (κ3) is 5.38. The monoisotopic (exact) mass is 305 g/mol. The lowest BCUT2D eigenvalue weighted by Crippen LogP contribution is -2.15. The summed E-state index contributed by atoms with van der Waals surface area (Å²) in [5.74, 6) is 1.07. The number of nitrogens with zero attached hydrogens (tertiary/aromatic N) is 2. The van der Waals surface area contributed by atoms with Crippen molar-refractivity contribution in [1.82, 2.24) is 9.21 Å². The molecule has 4 heteroatoms. The Morgan fingerprint density at radius 1 is 1.33 bits per heavy atom. The number of anilines is 1. The van der Waals surface area contributed by atoms with Crippen molar-refractivity contribution in [3.63, 3.8) is 0 Å². The summed E-state index contributed by atoms with van der Waals surface area (Å²) < 4.78 is 2.50. The summed E-state index contributed by atoms with van der Waals surface area (Å²) in [4.78, 5) is 2.23. The Morgan fingerprint density at radius 2 is 2.10 bits per heavy atom. The van der Waals surface area contributed by atoms with Crippen LogP contribution in [0, 0.1) is 0 Å². The Bertz CT molecular complexity index is 453. The Balaban J connectivity index is 2.00. The molecule has 0 aliphatic carbocycles. The van der Waals surface area contributed by atoms with Crippen molar-refractivity contribution in [2.75, 3.05) is 39.0 Å². The molecule has 116 valence electrons. The molecule has 0 amide bonds. The van der Waals surface area contributed by atoms with E-state index < -0.39 is 0 Å². The van der Waals surface area contributed by atoms with Crippen LogP contribution < -0.4 is 5.32 Å². The highest BCUT2D eigenvalue weighted by atomic mass is 32.2. The van der Waals surface area contributed by atoms with Gasteiger partial charge in [0.1, 0.15) is 0 Å². The molecule has 0 unspecified atom stereocenters. The molecular weight excluding hydrogens is 278 g/mol. The van der Waals surface area contributed by atoms with Gasteiger partial charge in [-0.25, -0.2) is 0 Å². The van der Waals surface area contributed by atoms with Gasteiger partial charge in [0, 0.05) is 31.1 Å². The van der Waals surface area contributed by atoms with Crippen LogP contribution in [0.15, 0.2) is 31.0 Å². The maximum absolute atomic E-state index is 3.77. The van der Waals surface area contributed by atoms with Crippen molar-refractivity contribution >= 4 is 17.6 Å². The molecule has 0 bridgehead atoms. The van der Waals surface area contributed by atoms with Crippen molar-refractivity contribution < 1.29 is 0 Å². The molecule has 1 aliphatic rings. The first-order chi connectivity index (χ1) is 10.2. The lowest BCUT2D eigenvalue weighted by molar-refractivity contribution is 0.414. The van der Waals surface area contributed by atoms with Gasteiger partial charge >= 0.3 is 0 Å². The molecule has 0 atom stereocenters. The molecule has 0 radical (unpaired) electrons. The van der Waals surface area contributed by atoms with Crippen LogP contribution in [-0.4, -0.2) is 42.9 Å². The predicted molar refractivity (Wildman–Crippen MR) is 94.6 cm³/mol. The zero-order chi connectivity index (χ0) is 15.1. The molecule has 0 saturated carbocycles. The van der Waals surface area contributed by atoms with Gasteiger partial charge in [0.2, 0.25) is 0 Å². The van der Waals surface area contributed by atoms with Gasteiger partial charge in [-0.05, 0) is 56.8 Å². The van der Waals surface area contributed by atoms with Gasteiger partial charge in [0.05, 0.1) is 0 Å². The van der Waals surface area contributed by atoms with E-state index in [1.54, 1.807) is 6.20 Å². The van der Waals surface area contributed by atoms with Crippen LogP contribution in [-0.2, 0) is 12.2 Å². The highest BCUT2D eigenvalue weighted by Gasteiger charge is 2.12. The number of nitrogens with one attached hydrogen (secondary N) is 1. The third-order valence-corrected chi connectivity index (χ3v) is 4.93. The van der Waals surface area contributed by atoms with E-state index in [9.17, 15) is 0 Å². The largest absolute Gasteiger partial charge is 0.362 e. The highest BCUT2D eigenvalue weighted by Crippen LogP contribution is 2.25. The molecule has 1 N–H and O–H groups in total. The maximum atomic E-state index is 3.77. The molecular formula is C17H27N3S. The second-order valence-corrected chi connectivity index (χ2v) is 6.87. The van der Waals surface area contributed by atoms with Crippen molar-refractivity contribution in [3.8, 4) is 0 Å². The normalized spacial score (nSPS) is 15.6. The lowest BCUT2D eigenvalue weighted by Gasteiger charge is -2.16. The minimum atomic E-state index is 1.06. The summed E-state index contributed by atoms with van der Waals surface area (Å²) in [6.45, 7) is 7.32. The fourth-order valence-corrected chi connectivity index (χ4v) is 3.55. The summed E-state index contributed by atoms with van der Waals surface area (Å²) in [6, 6.07) is 6.76. The van der Waals surface area contributed by atoms with Crippen LogP contribution in [0.4, 0.5) is 5.69 Å². The molecule has 1 aromatic carbocycles. The van der Waals surface area contributed by atoms with Crippen molar-refractivity contribution in [2.45, 2.75) is 25.0 Å². The molecule has 2 rings (SSSR count). The van der Waals surface area contributed by atoms with Gasteiger partial charge < -0.3 is 10.2 Å². The molecule has 3 nitrogen and oxygen atoms in total. The average molecular weight is 305 g/mol. The van der Waals surface area contributed by atoms with Crippen LogP contribution in [0.3, 0.4) is 0 Å². The van der Waals surface area contributed by atoms with Crippen LogP contribution >= 0.6 is 11.9 Å². The Hall–Kier alpha value is -0.970. The zero-order valence-corrected chi connectivity index (χ0v) is 14.1. The minimum Gasteiger partial charge on any atom is -0.362 e. The Kier molecular flexibility index (Phi) is 6.61. The first-order valence-electron chi connectivity index (χ1n) is 7.71. The molecule has 21 heavy (non-hydrogen) atoms. The summed E-state index contributed by atoms with van der Waals surface area (Å²) in [7, 11) is 4.24. The van der Waals surface area contributed by atoms with E-state index in [1.165, 1.54) is 42.7 Å². The number of hydrogen-bond acceptors (Lipinski definition) is 4. The molecule has 1 fully saturated rings. The van der Waals surface area contributed by atoms with Crippen molar-refractivity contribution in [1.29, 1.82) is 0 Å². The van der Waals surface area contributed by atoms with E-state index in [0.29, 0.717) is 0 Å².